The highest BCUT2D eigenvalue weighted by Crippen LogP contribution is 2.62. The van der Waals surface area contributed by atoms with Gasteiger partial charge in [-0.3, -0.25) is 31.7 Å². The van der Waals surface area contributed by atoms with Crippen LogP contribution < -0.4 is 4.89 Å². The maximum Gasteiger partial charge on any atom is 0.474 e. The zero-order valence-corrected chi connectivity index (χ0v) is 15.6. The van der Waals surface area contributed by atoms with E-state index in [1.54, 1.807) is 0 Å². The van der Waals surface area contributed by atoms with E-state index in [-0.39, 0.29) is 52.9 Å². The Labute approximate surface area is 142 Å². The second-order valence-corrected chi connectivity index (χ2v) is 11.3. The van der Waals surface area contributed by atoms with Crippen molar-refractivity contribution in [3.05, 3.63) is 0 Å². The summed E-state index contributed by atoms with van der Waals surface area (Å²) in [5.74, 6) is 0. The van der Waals surface area contributed by atoms with Crippen LogP contribution >= 0.6 is 23.5 Å². The topological polar surface area (TPSA) is 148 Å². The number of hydrogen-bond acceptors (Lipinski definition) is 12. The van der Waals surface area contributed by atoms with E-state index in [9.17, 15) is 18.6 Å². The molecule has 6 saturated heterocycles. The molecule has 0 amide bonds. The Morgan fingerprint density at radius 2 is 1.04 bits per heavy atom. The average Bonchev–Trinajstić information content (AvgIpc) is 2.62. The molecule has 15 heteroatoms. The van der Waals surface area contributed by atoms with Gasteiger partial charge in [0.15, 0.2) is 0 Å². The molecule has 0 radical (unpaired) electrons. The largest absolute Gasteiger partial charge is 0.756 e. The predicted octanol–water partition coefficient (Wildman–Crippen LogP) is 0.831. The summed E-state index contributed by atoms with van der Waals surface area (Å²) in [6.45, 7) is -0.618. The standard InChI is InChI=1S/C10H17O12P3/c11-23(12,15-1-9-3-17-24(13,18-4-9)19-5-9)16-2-10-6-20-25(14,21-7-10)22-8-10/h1-8H2,(H,11,12)/p-1. The van der Waals surface area contributed by atoms with Crippen LogP contribution in [-0.4, -0.2) is 52.9 Å². The van der Waals surface area contributed by atoms with Gasteiger partial charge in [-0.1, -0.05) is 0 Å². The van der Waals surface area contributed by atoms with E-state index < -0.39 is 34.3 Å². The Hall–Kier alpha value is 0.330. The molecule has 6 aliphatic heterocycles. The van der Waals surface area contributed by atoms with Gasteiger partial charge in [-0.2, -0.15) is 0 Å². The van der Waals surface area contributed by atoms with Crippen molar-refractivity contribution < 1.29 is 54.8 Å². The van der Waals surface area contributed by atoms with E-state index in [1.165, 1.54) is 0 Å². The van der Waals surface area contributed by atoms with Gasteiger partial charge in [-0.05, 0) is 0 Å². The zero-order valence-electron chi connectivity index (χ0n) is 12.9. The minimum atomic E-state index is -4.66. The van der Waals surface area contributed by atoms with Gasteiger partial charge in [-0.15, -0.1) is 0 Å². The number of hydrogen-bond donors (Lipinski definition) is 0. The maximum atomic E-state index is 12.0. The molecule has 0 unspecified atom stereocenters. The lowest BCUT2D eigenvalue weighted by Crippen LogP contribution is -2.48. The number of rotatable bonds is 6. The van der Waals surface area contributed by atoms with Gasteiger partial charge in [0, 0.05) is 0 Å². The Morgan fingerprint density at radius 1 is 0.760 bits per heavy atom. The van der Waals surface area contributed by atoms with Crippen molar-refractivity contribution >= 4 is 23.5 Å². The molecule has 0 atom stereocenters. The summed E-state index contributed by atoms with van der Waals surface area (Å²) in [7, 11) is -11.6. The van der Waals surface area contributed by atoms with Crippen molar-refractivity contribution in [2.24, 2.45) is 10.8 Å². The SMILES string of the molecule is O=P([O-])(OCC12COP(=O)(OC1)OC2)OCC12COP(=O)(OC1)OC2. The molecule has 0 aromatic carbocycles. The van der Waals surface area contributed by atoms with Crippen LogP contribution in [0.3, 0.4) is 0 Å². The Kier molecular flexibility index (Phi) is 4.61. The molecule has 6 rings (SSSR count). The summed E-state index contributed by atoms with van der Waals surface area (Å²) in [6.07, 6.45) is 0. The third-order valence-electron chi connectivity index (χ3n) is 4.23. The fourth-order valence-corrected chi connectivity index (χ4v) is 6.47. The monoisotopic (exact) mass is 421 g/mol. The van der Waals surface area contributed by atoms with Gasteiger partial charge in [-0.25, -0.2) is 9.13 Å². The molecular formula is C10H16O12P3-. The van der Waals surface area contributed by atoms with Gasteiger partial charge >= 0.3 is 15.6 Å². The third-order valence-corrected chi connectivity index (χ3v) is 7.79. The zero-order chi connectivity index (χ0) is 17.8. The first-order valence-electron chi connectivity index (χ1n) is 7.33. The molecule has 0 N–H and O–H groups in total. The van der Waals surface area contributed by atoms with Crippen molar-refractivity contribution in [2.75, 3.05) is 52.9 Å². The average molecular weight is 421 g/mol. The molecule has 0 aromatic rings. The van der Waals surface area contributed by atoms with Gasteiger partial charge < -0.3 is 13.9 Å². The third kappa shape index (κ3) is 3.82. The summed E-state index contributed by atoms with van der Waals surface area (Å²) in [6, 6.07) is 0. The molecule has 0 saturated carbocycles. The molecule has 0 spiro atoms. The lowest BCUT2D eigenvalue weighted by atomic mass is 9.93. The van der Waals surface area contributed by atoms with E-state index in [0.29, 0.717) is 0 Å². The highest BCUT2D eigenvalue weighted by Gasteiger charge is 2.52. The Balaban J connectivity index is 1.30. The van der Waals surface area contributed by atoms with Crippen LogP contribution in [0.5, 0.6) is 0 Å². The number of phosphoric acid groups is 3. The number of phosphoric ester groups is 3. The van der Waals surface area contributed by atoms with Crippen LogP contribution in [0.1, 0.15) is 0 Å². The van der Waals surface area contributed by atoms with Crippen LogP contribution in [0.15, 0.2) is 0 Å². The van der Waals surface area contributed by atoms with Crippen LogP contribution in [0, 0.1) is 10.8 Å². The second-order valence-electron chi connectivity index (χ2n) is 6.53. The molecule has 6 aliphatic rings. The van der Waals surface area contributed by atoms with Crippen molar-refractivity contribution in [3.63, 3.8) is 0 Å². The highest BCUT2D eigenvalue weighted by atomic mass is 31.2. The van der Waals surface area contributed by atoms with Crippen molar-refractivity contribution in [2.45, 2.75) is 0 Å². The number of fused-ring (bicyclic) bond motifs is 6. The van der Waals surface area contributed by atoms with Gasteiger partial charge in [0.25, 0.3) is 7.82 Å². The molecule has 144 valence electrons. The molecule has 25 heavy (non-hydrogen) atoms. The molecule has 4 bridgehead atoms. The molecular weight excluding hydrogens is 405 g/mol. The fraction of sp³-hybridized carbons (Fsp3) is 1.00. The fourth-order valence-electron chi connectivity index (χ4n) is 2.49. The first-order chi connectivity index (χ1) is 11.7. The van der Waals surface area contributed by atoms with Crippen molar-refractivity contribution in [1.82, 2.24) is 0 Å². The van der Waals surface area contributed by atoms with Crippen molar-refractivity contribution in [1.29, 1.82) is 0 Å². The quantitative estimate of drug-likeness (QED) is 0.559. The van der Waals surface area contributed by atoms with E-state index >= 15 is 0 Å². The molecule has 6 heterocycles. The van der Waals surface area contributed by atoms with Crippen LogP contribution in [0.4, 0.5) is 0 Å². The van der Waals surface area contributed by atoms with E-state index in [1.807, 2.05) is 0 Å². The highest BCUT2D eigenvalue weighted by molar-refractivity contribution is 7.49. The van der Waals surface area contributed by atoms with Gasteiger partial charge in [0.2, 0.25) is 0 Å². The summed E-state index contributed by atoms with van der Waals surface area (Å²) < 4.78 is 74.9. The van der Waals surface area contributed by atoms with Gasteiger partial charge in [0.1, 0.15) is 0 Å². The molecule has 6 fully saturated rings. The van der Waals surface area contributed by atoms with Crippen molar-refractivity contribution in [3.8, 4) is 0 Å². The van der Waals surface area contributed by atoms with Crippen LogP contribution in [-0.2, 0) is 49.9 Å². The lowest BCUT2D eigenvalue weighted by molar-refractivity contribution is -0.236. The lowest BCUT2D eigenvalue weighted by Gasteiger charge is -2.45. The first kappa shape index (κ1) is 18.7. The maximum absolute atomic E-state index is 12.0. The van der Waals surface area contributed by atoms with Crippen LogP contribution in [0.2, 0.25) is 0 Å². The van der Waals surface area contributed by atoms with Gasteiger partial charge in [0.05, 0.1) is 63.7 Å². The van der Waals surface area contributed by atoms with E-state index in [4.69, 9.17) is 36.2 Å². The normalized spacial score (nSPS) is 48.4. The predicted molar refractivity (Wildman–Crippen MR) is 75.3 cm³/mol. The van der Waals surface area contributed by atoms with E-state index in [2.05, 4.69) is 0 Å². The summed E-state index contributed by atoms with van der Waals surface area (Å²) in [5.41, 5.74) is -1.74. The summed E-state index contributed by atoms with van der Waals surface area (Å²) in [4.78, 5) is 12.0. The first-order valence-corrected chi connectivity index (χ1v) is 11.7. The smallest absolute Gasteiger partial charge is 0.474 e. The van der Waals surface area contributed by atoms with E-state index in [0.717, 1.165) is 0 Å². The van der Waals surface area contributed by atoms with Crippen LogP contribution in [0.25, 0.3) is 0 Å². The molecule has 12 nitrogen and oxygen atoms in total. The molecule has 0 aliphatic carbocycles. The summed E-state index contributed by atoms with van der Waals surface area (Å²) >= 11 is 0. The second kappa shape index (κ2) is 6.17. The summed E-state index contributed by atoms with van der Waals surface area (Å²) in [5, 5.41) is 0. The Morgan fingerprint density at radius 3 is 1.32 bits per heavy atom. The Bertz CT molecular complexity index is 576. The minimum absolute atomic E-state index is 0.000972. The minimum Gasteiger partial charge on any atom is -0.756 e. The molecule has 0 aromatic heterocycles.